The van der Waals surface area contributed by atoms with Crippen LogP contribution in [-0.2, 0) is 15.8 Å². The molecule has 1 N–H and O–H groups in total. The van der Waals surface area contributed by atoms with Gasteiger partial charge in [-0.1, -0.05) is 0 Å². The minimum atomic E-state index is -1.62. The first-order valence-corrected chi connectivity index (χ1v) is 9.38. The van der Waals surface area contributed by atoms with E-state index >= 15 is 0 Å². The van der Waals surface area contributed by atoms with Gasteiger partial charge >= 0.3 is 0 Å². The van der Waals surface area contributed by atoms with E-state index in [4.69, 9.17) is 4.74 Å². The summed E-state index contributed by atoms with van der Waals surface area (Å²) in [5.74, 6) is 1.14. The number of hydrogen-bond donors (Lipinski definition) is 1. The van der Waals surface area contributed by atoms with E-state index in [-0.39, 0.29) is 5.03 Å². The molecule has 5 heterocycles. The zero-order valence-corrected chi connectivity index (χ0v) is 15.1. The number of nitrogens with one attached hydrogen (secondary N) is 1. The Labute approximate surface area is 156 Å². The highest BCUT2D eigenvalue weighted by molar-refractivity contribution is 7.93. The predicted octanol–water partition coefficient (Wildman–Crippen LogP) is 0.914. The Morgan fingerprint density at radius 2 is 2.11 bits per heavy atom. The van der Waals surface area contributed by atoms with Crippen LogP contribution in [0.15, 0.2) is 36.8 Å². The van der Waals surface area contributed by atoms with Crippen molar-refractivity contribution >= 4 is 38.6 Å². The molecule has 1 unspecified atom stereocenters. The molecule has 27 heavy (non-hydrogen) atoms. The van der Waals surface area contributed by atoms with E-state index in [1.165, 1.54) is 10.8 Å². The Morgan fingerprint density at radius 1 is 1.22 bits per heavy atom. The van der Waals surface area contributed by atoms with Gasteiger partial charge in [-0.3, -0.25) is 14.5 Å². The van der Waals surface area contributed by atoms with Gasteiger partial charge in [0.05, 0.1) is 30.1 Å². The van der Waals surface area contributed by atoms with Crippen LogP contribution in [0, 0.1) is 0 Å². The molecule has 1 atom stereocenters. The predicted molar refractivity (Wildman–Crippen MR) is 100 cm³/mol. The standard InChI is InChI=1S/C17H14N6O3S/c1-22-2-3-26-14-5-10(7-19-17(14)22)12-4-11-8-20-23(13(11)9-18-12)16-6-15(24)21-27(16)25/h4-9H,2-3H2,1H3,(H,21,24). The van der Waals surface area contributed by atoms with Gasteiger partial charge < -0.3 is 9.64 Å². The van der Waals surface area contributed by atoms with E-state index in [0.29, 0.717) is 12.1 Å². The SMILES string of the molecule is CN1CCOc2cc(-c3cc4cnn(C5=CC(=O)NS5=O)c4cn3)cnc21. The van der Waals surface area contributed by atoms with Crippen molar-refractivity contribution in [1.82, 2.24) is 24.5 Å². The average Bonchev–Trinajstić information content (AvgIpc) is 3.23. The van der Waals surface area contributed by atoms with Crippen LogP contribution in [0.4, 0.5) is 5.82 Å². The molecule has 3 aromatic heterocycles. The van der Waals surface area contributed by atoms with Crippen molar-refractivity contribution in [3.05, 3.63) is 36.8 Å². The van der Waals surface area contributed by atoms with Crippen molar-refractivity contribution in [1.29, 1.82) is 0 Å². The molecule has 0 spiro atoms. The monoisotopic (exact) mass is 382 g/mol. The second-order valence-corrected chi connectivity index (χ2v) is 7.38. The van der Waals surface area contributed by atoms with E-state index in [1.54, 1.807) is 18.6 Å². The van der Waals surface area contributed by atoms with Crippen molar-refractivity contribution < 1.29 is 13.7 Å². The molecular weight excluding hydrogens is 368 g/mol. The van der Waals surface area contributed by atoms with Crippen LogP contribution >= 0.6 is 0 Å². The molecule has 2 aliphatic heterocycles. The molecule has 0 aromatic carbocycles. The molecule has 0 radical (unpaired) electrons. The Kier molecular flexibility index (Phi) is 3.47. The molecule has 0 fully saturated rings. The molecule has 2 aliphatic rings. The van der Waals surface area contributed by atoms with Crippen molar-refractivity contribution in [3.8, 4) is 17.0 Å². The molecule has 9 nitrogen and oxygen atoms in total. The zero-order chi connectivity index (χ0) is 18.5. The Morgan fingerprint density at radius 3 is 2.93 bits per heavy atom. The number of anilines is 1. The third-order valence-corrected chi connectivity index (χ3v) is 5.53. The number of pyridine rings is 2. The number of carbonyl (C=O) groups excluding carboxylic acids is 1. The maximum Gasteiger partial charge on any atom is 0.258 e. The molecule has 136 valence electrons. The van der Waals surface area contributed by atoms with E-state index < -0.39 is 16.9 Å². The summed E-state index contributed by atoms with van der Waals surface area (Å²) < 4.78 is 21.5. The summed E-state index contributed by atoms with van der Waals surface area (Å²) >= 11 is 0. The van der Waals surface area contributed by atoms with Gasteiger partial charge in [0, 0.05) is 30.3 Å². The molecule has 0 saturated carbocycles. The Bertz CT molecular complexity index is 1150. The number of hydrogen-bond acceptors (Lipinski definition) is 7. The first kappa shape index (κ1) is 15.9. The molecule has 0 bridgehead atoms. The highest BCUT2D eigenvalue weighted by Crippen LogP contribution is 2.33. The average molecular weight is 382 g/mol. The number of rotatable bonds is 2. The molecule has 5 rings (SSSR count). The van der Waals surface area contributed by atoms with E-state index in [0.717, 1.165) is 34.8 Å². The van der Waals surface area contributed by atoms with Gasteiger partial charge in [0.1, 0.15) is 6.61 Å². The number of nitrogens with zero attached hydrogens (tertiary/aromatic N) is 5. The number of ether oxygens (including phenoxy) is 1. The fourth-order valence-corrected chi connectivity index (χ4v) is 3.97. The fraction of sp³-hybridized carbons (Fsp3) is 0.176. The lowest BCUT2D eigenvalue weighted by Crippen LogP contribution is -2.29. The summed E-state index contributed by atoms with van der Waals surface area (Å²) in [7, 11) is 0.361. The maximum atomic E-state index is 12.0. The van der Waals surface area contributed by atoms with Crippen LogP contribution in [0.1, 0.15) is 0 Å². The van der Waals surface area contributed by atoms with Crippen molar-refractivity contribution in [2.75, 3.05) is 25.1 Å². The van der Waals surface area contributed by atoms with E-state index in [1.807, 2.05) is 24.1 Å². The van der Waals surface area contributed by atoms with Crippen molar-refractivity contribution in [2.24, 2.45) is 0 Å². The van der Waals surface area contributed by atoms with Crippen molar-refractivity contribution in [2.45, 2.75) is 0 Å². The minimum absolute atomic E-state index is 0.288. The van der Waals surface area contributed by atoms with Gasteiger partial charge in [0.15, 0.2) is 27.6 Å². The molecule has 0 aliphatic carbocycles. The van der Waals surface area contributed by atoms with Gasteiger partial charge in [0.2, 0.25) is 0 Å². The lowest BCUT2D eigenvalue weighted by Gasteiger charge is -2.26. The van der Waals surface area contributed by atoms with Gasteiger partial charge in [0.25, 0.3) is 5.91 Å². The topological polar surface area (TPSA) is 102 Å². The second-order valence-electron chi connectivity index (χ2n) is 6.22. The summed E-state index contributed by atoms with van der Waals surface area (Å²) in [6.07, 6.45) is 6.33. The Balaban J connectivity index is 1.56. The van der Waals surface area contributed by atoms with E-state index in [9.17, 15) is 9.00 Å². The first-order valence-electron chi connectivity index (χ1n) is 8.23. The third-order valence-electron chi connectivity index (χ3n) is 4.48. The van der Waals surface area contributed by atoms with Crippen LogP contribution in [-0.4, -0.2) is 50.1 Å². The largest absolute Gasteiger partial charge is 0.488 e. The van der Waals surface area contributed by atoms with E-state index in [2.05, 4.69) is 19.8 Å². The number of aromatic nitrogens is 4. The minimum Gasteiger partial charge on any atom is -0.488 e. The molecule has 1 amide bonds. The molecule has 3 aromatic rings. The Hall–Kier alpha value is -3.27. The number of amides is 1. The smallest absolute Gasteiger partial charge is 0.258 e. The maximum absolute atomic E-state index is 12.0. The summed E-state index contributed by atoms with van der Waals surface area (Å²) in [5, 5.41) is 5.35. The van der Waals surface area contributed by atoms with Gasteiger partial charge in [-0.15, -0.1) is 0 Å². The summed E-state index contributed by atoms with van der Waals surface area (Å²) in [6, 6.07) is 3.80. The highest BCUT2D eigenvalue weighted by Gasteiger charge is 2.23. The third kappa shape index (κ3) is 2.56. The number of carbonyl (C=O) groups is 1. The summed E-state index contributed by atoms with van der Waals surface area (Å²) in [4.78, 5) is 22.4. The second kappa shape index (κ2) is 5.88. The summed E-state index contributed by atoms with van der Waals surface area (Å²) in [5.41, 5.74) is 2.22. The van der Waals surface area contributed by atoms with Crippen LogP contribution < -0.4 is 14.4 Å². The summed E-state index contributed by atoms with van der Waals surface area (Å²) in [6.45, 7) is 1.42. The first-order chi connectivity index (χ1) is 13.1. The van der Waals surface area contributed by atoms with Crippen LogP contribution in [0.5, 0.6) is 5.75 Å². The lowest BCUT2D eigenvalue weighted by molar-refractivity contribution is -0.114. The van der Waals surface area contributed by atoms with Crippen LogP contribution in [0.3, 0.4) is 0 Å². The number of fused-ring (bicyclic) bond motifs is 2. The zero-order valence-electron chi connectivity index (χ0n) is 14.2. The molecule has 10 heteroatoms. The van der Waals surface area contributed by atoms with Gasteiger partial charge in [-0.25, -0.2) is 13.9 Å². The number of likely N-dealkylation sites (N-methyl/N-ethyl adjacent to an activating group) is 1. The van der Waals surface area contributed by atoms with Crippen LogP contribution in [0.25, 0.3) is 27.2 Å². The lowest BCUT2D eigenvalue weighted by atomic mass is 10.1. The quantitative estimate of drug-likeness (QED) is 0.703. The normalized spacial score (nSPS) is 18.9. The van der Waals surface area contributed by atoms with Gasteiger partial charge in [-0.2, -0.15) is 5.10 Å². The van der Waals surface area contributed by atoms with Gasteiger partial charge in [-0.05, 0) is 12.1 Å². The highest BCUT2D eigenvalue weighted by atomic mass is 32.2. The fourth-order valence-electron chi connectivity index (χ4n) is 3.11. The van der Waals surface area contributed by atoms with Crippen molar-refractivity contribution in [3.63, 3.8) is 0 Å². The molecular formula is C17H14N6O3S. The van der Waals surface area contributed by atoms with Crippen LogP contribution in [0.2, 0.25) is 0 Å². The molecule has 0 saturated heterocycles.